The van der Waals surface area contributed by atoms with Crippen molar-refractivity contribution in [3.63, 3.8) is 0 Å². The lowest BCUT2D eigenvalue weighted by atomic mass is 9.86. The van der Waals surface area contributed by atoms with Crippen LogP contribution in [0.4, 0.5) is 0 Å². The fourth-order valence-corrected chi connectivity index (χ4v) is 1.41. The lowest BCUT2D eigenvalue weighted by Gasteiger charge is -2.28. The molecule has 0 saturated heterocycles. The summed E-state index contributed by atoms with van der Waals surface area (Å²) >= 11 is 0. The summed E-state index contributed by atoms with van der Waals surface area (Å²) in [7, 11) is 0. The first-order valence-electron chi connectivity index (χ1n) is 3.64. The van der Waals surface area contributed by atoms with E-state index >= 15 is 0 Å². The van der Waals surface area contributed by atoms with E-state index in [9.17, 15) is 5.11 Å². The van der Waals surface area contributed by atoms with Crippen LogP contribution in [0.2, 0.25) is 0 Å². The summed E-state index contributed by atoms with van der Waals surface area (Å²) in [4.78, 5) is 0. The van der Waals surface area contributed by atoms with Crippen molar-refractivity contribution in [1.29, 1.82) is 0 Å². The number of aliphatic hydroxyl groups is 1. The van der Waals surface area contributed by atoms with Crippen molar-refractivity contribution in [3.05, 3.63) is 0 Å². The smallest absolute Gasteiger partial charge is 0.0691 e. The first kappa shape index (κ1) is 7.03. The van der Waals surface area contributed by atoms with Crippen LogP contribution >= 0.6 is 0 Å². The van der Waals surface area contributed by atoms with Crippen LogP contribution in [-0.4, -0.2) is 17.3 Å². The van der Waals surface area contributed by atoms with Gasteiger partial charge >= 0.3 is 0 Å². The van der Waals surface area contributed by atoms with E-state index in [1.54, 1.807) is 0 Å². The summed E-state index contributed by atoms with van der Waals surface area (Å²) in [6.45, 7) is 2.19. The van der Waals surface area contributed by atoms with Crippen LogP contribution in [0.15, 0.2) is 0 Å². The Morgan fingerprint density at radius 2 is 2.11 bits per heavy atom. The van der Waals surface area contributed by atoms with Crippen LogP contribution in [0.25, 0.3) is 0 Å². The number of nitrogens with two attached hydrogens (primary N) is 1. The minimum absolute atomic E-state index is 0.0359. The summed E-state index contributed by atoms with van der Waals surface area (Å²) in [5.74, 6) is 0.711. The SMILES string of the molecule is CC1CCC(O)[C@H](N)C1. The summed E-state index contributed by atoms with van der Waals surface area (Å²) in [6.07, 6.45) is 2.78. The van der Waals surface area contributed by atoms with Gasteiger partial charge in [-0.3, -0.25) is 0 Å². The van der Waals surface area contributed by atoms with Crippen LogP contribution in [-0.2, 0) is 0 Å². The van der Waals surface area contributed by atoms with Gasteiger partial charge < -0.3 is 10.8 Å². The monoisotopic (exact) mass is 129 g/mol. The second kappa shape index (κ2) is 2.67. The van der Waals surface area contributed by atoms with Crippen molar-refractivity contribution in [2.75, 3.05) is 0 Å². The lowest BCUT2D eigenvalue weighted by molar-refractivity contribution is 0.0906. The standard InChI is InChI=1S/C7H15NO/c1-5-2-3-7(9)6(8)4-5/h5-7,9H,2-4,8H2,1H3/t5?,6-,7?/m1/s1. The molecule has 1 aliphatic rings. The topological polar surface area (TPSA) is 46.2 Å². The predicted octanol–water partition coefficient (Wildman–Crippen LogP) is 0.495. The fraction of sp³-hybridized carbons (Fsp3) is 1.00. The second-order valence-electron chi connectivity index (χ2n) is 3.15. The van der Waals surface area contributed by atoms with Crippen molar-refractivity contribution in [1.82, 2.24) is 0 Å². The van der Waals surface area contributed by atoms with Gasteiger partial charge in [0.2, 0.25) is 0 Å². The van der Waals surface area contributed by atoms with Gasteiger partial charge in [-0.2, -0.15) is 0 Å². The highest BCUT2D eigenvalue weighted by molar-refractivity contribution is 4.79. The van der Waals surface area contributed by atoms with Crippen molar-refractivity contribution in [3.8, 4) is 0 Å². The number of hydrogen-bond donors (Lipinski definition) is 2. The van der Waals surface area contributed by atoms with Gasteiger partial charge in [-0.1, -0.05) is 6.92 Å². The minimum atomic E-state index is -0.235. The average molecular weight is 129 g/mol. The van der Waals surface area contributed by atoms with E-state index in [0.717, 1.165) is 19.3 Å². The molecule has 1 aliphatic carbocycles. The first-order chi connectivity index (χ1) is 4.20. The van der Waals surface area contributed by atoms with Gasteiger partial charge in [0.15, 0.2) is 0 Å². The third-order valence-electron chi connectivity index (χ3n) is 2.12. The molecule has 0 radical (unpaired) electrons. The molecule has 3 atom stereocenters. The zero-order valence-corrected chi connectivity index (χ0v) is 5.88. The van der Waals surface area contributed by atoms with E-state index in [1.165, 1.54) is 0 Å². The Morgan fingerprint density at radius 3 is 2.56 bits per heavy atom. The van der Waals surface area contributed by atoms with Gasteiger partial charge in [-0.15, -0.1) is 0 Å². The summed E-state index contributed by atoms with van der Waals surface area (Å²) in [6, 6.07) is 0.0359. The molecule has 0 aromatic rings. The van der Waals surface area contributed by atoms with Crippen LogP contribution < -0.4 is 5.73 Å². The van der Waals surface area contributed by atoms with Crippen LogP contribution in [0.5, 0.6) is 0 Å². The molecule has 0 aliphatic heterocycles. The van der Waals surface area contributed by atoms with Gasteiger partial charge in [0.25, 0.3) is 0 Å². The molecular weight excluding hydrogens is 114 g/mol. The Labute approximate surface area is 56.1 Å². The zero-order chi connectivity index (χ0) is 6.85. The van der Waals surface area contributed by atoms with E-state index < -0.39 is 0 Å². The molecule has 2 nitrogen and oxygen atoms in total. The van der Waals surface area contributed by atoms with E-state index in [0.29, 0.717) is 5.92 Å². The van der Waals surface area contributed by atoms with Gasteiger partial charge in [-0.25, -0.2) is 0 Å². The molecule has 0 heterocycles. The van der Waals surface area contributed by atoms with E-state index in [2.05, 4.69) is 6.92 Å². The van der Waals surface area contributed by atoms with Gasteiger partial charge in [0, 0.05) is 6.04 Å². The maximum Gasteiger partial charge on any atom is 0.0691 e. The second-order valence-corrected chi connectivity index (χ2v) is 3.15. The zero-order valence-electron chi connectivity index (χ0n) is 5.88. The minimum Gasteiger partial charge on any atom is -0.392 e. The molecule has 1 saturated carbocycles. The largest absolute Gasteiger partial charge is 0.392 e. The van der Waals surface area contributed by atoms with Gasteiger partial charge in [0.1, 0.15) is 0 Å². The quantitative estimate of drug-likeness (QED) is 0.500. The molecule has 1 rings (SSSR count). The lowest BCUT2D eigenvalue weighted by Crippen LogP contribution is -2.39. The predicted molar refractivity (Wildman–Crippen MR) is 37.0 cm³/mol. The Morgan fingerprint density at radius 1 is 1.44 bits per heavy atom. The molecule has 0 aromatic carbocycles. The van der Waals surface area contributed by atoms with Crippen LogP contribution in [0.1, 0.15) is 26.2 Å². The summed E-state index contributed by atoms with van der Waals surface area (Å²) < 4.78 is 0. The molecule has 2 heteroatoms. The molecule has 3 N–H and O–H groups in total. The van der Waals surface area contributed by atoms with Crippen molar-refractivity contribution < 1.29 is 5.11 Å². The maximum atomic E-state index is 9.17. The van der Waals surface area contributed by atoms with E-state index in [4.69, 9.17) is 5.73 Å². The molecule has 0 spiro atoms. The highest BCUT2D eigenvalue weighted by Gasteiger charge is 2.23. The number of rotatable bonds is 0. The normalized spacial score (nSPS) is 45.0. The van der Waals surface area contributed by atoms with Crippen LogP contribution in [0.3, 0.4) is 0 Å². The summed E-state index contributed by atoms with van der Waals surface area (Å²) in [5.41, 5.74) is 5.62. The Kier molecular flexibility index (Phi) is 2.09. The van der Waals surface area contributed by atoms with Crippen molar-refractivity contribution in [2.45, 2.75) is 38.3 Å². The Balaban J connectivity index is 2.35. The first-order valence-corrected chi connectivity index (χ1v) is 3.64. The molecule has 2 unspecified atom stereocenters. The fourth-order valence-electron chi connectivity index (χ4n) is 1.41. The Bertz CT molecular complexity index is 94.9. The van der Waals surface area contributed by atoms with Gasteiger partial charge in [-0.05, 0) is 25.2 Å². The molecule has 0 amide bonds. The van der Waals surface area contributed by atoms with Crippen LogP contribution in [0, 0.1) is 5.92 Å². The summed E-state index contributed by atoms with van der Waals surface area (Å²) in [5, 5.41) is 9.17. The van der Waals surface area contributed by atoms with E-state index in [-0.39, 0.29) is 12.1 Å². The van der Waals surface area contributed by atoms with Crippen molar-refractivity contribution in [2.24, 2.45) is 11.7 Å². The third-order valence-corrected chi connectivity index (χ3v) is 2.12. The Hall–Kier alpha value is -0.0800. The molecule has 0 aromatic heterocycles. The van der Waals surface area contributed by atoms with Crippen molar-refractivity contribution >= 4 is 0 Å². The third kappa shape index (κ3) is 1.66. The number of hydrogen-bond acceptors (Lipinski definition) is 2. The highest BCUT2D eigenvalue weighted by Crippen LogP contribution is 2.22. The molecule has 0 bridgehead atoms. The molecule has 9 heavy (non-hydrogen) atoms. The molecular formula is C7H15NO. The number of aliphatic hydroxyl groups excluding tert-OH is 1. The van der Waals surface area contributed by atoms with Gasteiger partial charge in [0.05, 0.1) is 6.10 Å². The molecule has 54 valence electrons. The maximum absolute atomic E-state index is 9.17. The molecule has 1 fully saturated rings. The highest BCUT2D eigenvalue weighted by atomic mass is 16.3. The van der Waals surface area contributed by atoms with E-state index in [1.807, 2.05) is 0 Å². The average Bonchev–Trinajstić information content (AvgIpc) is 1.80.